The first-order valence-corrected chi connectivity index (χ1v) is 7.96. The van der Waals surface area contributed by atoms with Gasteiger partial charge in [-0.3, -0.25) is 24.1 Å². The highest BCUT2D eigenvalue weighted by atomic mass is 32.1. The number of aromatic nitrogens is 2. The zero-order valence-corrected chi connectivity index (χ0v) is 13.1. The Morgan fingerprint density at radius 2 is 2.33 bits per heavy atom. The molecule has 122 valence electrons. The normalized spacial score (nSPS) is 13.7. The molecular formula is C15H12N4O4S. The maximum atomic E-state index is 12.3. The number of anilines is 1. The fraction of sp³-hybridized carbons (Fsp3) is 0.133. The molecule has 2 aromatic heterocycles. The number of nitrogens with one attached hydrogen (secondary N) is 1. The molecule has 24 heavy (non-hydrogen) atoms. The Kier molecular flexibility index (Phi) is 3.44. The molecule has 0 fully saturated rings. The molecule has 9 heteroatoms. The molecule has 0 bridgehead atoms. The molecule has 2 N–H and O–H groups in total. The van der Waals surface area contributed by atoms with Crippen molar-refractivity contribution in [2.75, 3.05) is 11.5 Å². The van der Waals surface area contributed by atoms with Crippen LogP contribution >= 0.6 is 11.3 Å². The Balaban J connectivity index is 1.71. The van der Waals surface area contributed by atoms with Crippen molar-refractivity contribution < 1.29 is 19.5 Å². The zero-order chi connectivity index (χ0) is 16.7. The van der Waals surface area contributed by atoms with Crippen molar-refractivity contribution in [3.8, 4) is 5.75 Å². The number of ether oxygens (including phenoxy) is 1. The first-order chi connectivity index (χ1) is 11.7. The third-order valence-corrected chi connectivity index (χ3v) is 4.50. The van der Waals surface area contributed by atoms with Gasteiger partial charge in [-0.2, -0.15) is 0 Å². The molecule has 1 aromatic carbocycles. The third-order valence-electron chi connectivity index (χ3n) is 3.73. The van der Waals surface area contributed by atoms with E-state index in [1.165, 1.54) is 28.4 Å². The Labute approximate surface area is 139 Å². The smallest absolute Gasteiger partial charge is 0.274 e. The maximum Gasteiger partial charge on any atom is 0.274 e. The van der Waals surface area contributed by atoms with Crippen LogP contribution in [0.2, 0.25) is 0 Å². The average molecular weight is 344 g/mol. The number of amides is 2. The Bertz CT molecular complexity index is 920. The highest BCUT2D eigenvalue weighted by Crippen LogP contribution is 2.34. The second kappa shape index (κ2) is 5.62. The van der Waals surface area contributed by atoms with Crippen LogP contribution in [0, 0.1) is 0 Å². The van der Waals surface area contributed by atoms with Crippen molar-refractivity contribution in [2.45, 2.75) is 6.54 Å². The Morgan fingerprint density at radius 3 is 3.12 bits per heavy atom. The number of benzene rings is 1. The molecule has 3 aromatic rings. The summed E-state index contributed by atoms with van der Waals surface area (Å²) in [5.41, 5.74) is 3.02. The minimum absolute atomic E-state index is 0.0687. The van der Waals surface area contributed by atoms with E-state index in [9.17, 15) is 9.59 Å². The summed E-state index contributed by atoms with van der Waals surface area (Å²) in [7, 11) is 0. The van der Waals surface area contributed by atoms with Crippen LogP contribution in [0.5, 0.6) is 5.75 Å². The lowest BCUT2D eigenvalue weighted by Crippen LogP contribution is -2.38. The summed E-state index contributed by atoms with van der Waals surface area (Å²) >= 11 is 1.51. The Morgan fingerprint density at radius 1 is 1.46 bits per heavy atom. The van der Waals surface area contributed by atoms with E-state index in [1.54, 1.807) is 11.5 Å². The van der Waals surface area contributed by atoms with Crippen molar-refractivity contribution in [2.24, 2.45) is 0 Å². The predicted molar refractivity (Wildman–Crippen MR) is 85.4 cm³/mol. The van der Waals surface area contributed by atoms with Gasteiger partial charge in [0.1, 0.15) is 5.75 Å². The van der Waals surface area contributed by atoms with Gasteiger partial charge in [0, 0.05) is 23.3 Å². The summed E-state index contributed by atoms with van der Waals surface area (Å²) in [6, 6.07) is 4.63. The minimum atomic E-state index is -0.654. The average Bonchev–Trinajstić information content (AvgIpc) is 3.17. The van der Waals surface area contributed by atoms with Gasteiger partial charge in [0.15, 0.2) is 11.6 Å². The van der Waals surface area contributed by atoms with E-state index in [2.05, 4.69) is 4.98 Å². The van der Waals surface area contributed by atoms with E-state index in [1.807, 2.05) is 22.2 Å². The first-order valence-electron chi connectivity index (χ1n) is 7.08. The predicted octanol–water partition coefficient (Wildman–Crippen LogP) is 1.44. The van der Waals surface area contributed by atoms with Gasteiger partial charge < -0.3 is 4.74 Å². The summed E-state index contributed by atoms with van der Waals surface area (Å²) in [6.45, 7) is 0.203. The van der Waals surface area contributed by atoms with Gasteiger partial charge in [0.2, 0.25) is 0 Å². The monoisotopic (exact) mass is 344 g/mol. The van der Waals surface area contributed by atoms with Gasteiger partial charge in [-0.1, -0.05) is 0 Å². The van der Waals surface area contributed by atoms with E-state index in [0.717, 1.165) is 10.7 Å². The van der Waals surface area contributed by atoms with E-state index in [4.69, 9.17) is 9.94 Å². The number of thiazole rings is 1. The summed E-state index contributed by atoms with van der Waals surface area (Å²) in [5, 5.41) is 10.7. The van der Waals surface area contributed by atoms with Crippen LogP contribution < -0.4 is 15.1 Å². The topological polar surface area (TPSA) is 96.2 Å². The van der Waals surface area contributed by atoms with E-state index < -0.39 is 5.91 Å². The number of carbonyl (C=O) groups excluding carboxylic acids is 2. The largest absolute Gasteiger partial charge is 0.482 e. The molecule has 0 atom stereocenters. The van der Waals surface area contributed by atoms with Crippen LogP contribution in [0.4, 0.5) is 5.69 Å². The van der Waals surface area contributed by atoms with E-state index in [0.29, 0.717) is 11.4 Å². The fourth-order valence-corrected chi connectivity index (χ4v) is 3.31. The quantitative estimate of drug-likeness (QED) is 0.554. The number of hydroxylamine groups is 1. The van der Waals surface area contributed by atoms with Crippen LogP contribution in [0.3, 0.4) is 0 Å². The highest BCUT2D eigenvalue weighted by Gasteiger charge is 2.27. The molecule has 3 heterocycles. The lowest BCUT2D eigenvalue weighted by molar-refractivity contribution is -0.121. The summed E-state index contributed by atoms with van der Waals surface area (Å²) in [6.07, 6.45) is 3.76. The molecule has 8 nitrogen and oxygen atoms in total. The van der Waals surface area contributed by atoms with Gasteiger partial charge in [-0.15, -0.1) is 11.3 Å². The second-order valence-corrected chi connectivity index (χ2v) is 6.09. The van der Waals surface area contributed by atoms with Crippen molar-refractivity contribution in [1.82, 2.24) is 14.9 Å². The molecule has 1 aliphatic rings. The minimum Gasteiger partial charge on any atom is -0.482 e. The highest BCUT2D eigenvalue weighted by molar-refractivity contribution is 7.15. The SMILES string of the molecule is O=C(NO)c1ccc2c(c1)N(Cc1cn3ccsc3n1)C(=O)CO2. The van der Waals surface area contributed by atoms with Crippen LogP contribution in [-0.4, -0.2) is 33.0 Å². The van der Waals surface area contributed by atoms with Crippen molar-refractivity contribution in [3.63, 3.8) is 0 Å². The standard InChI is InChI=1S/C15H12N4O4S/c20-13-8-23-12-2-1-9(14(21)17-22)5-11(12)19(13)7-10-6-18-3-4-24-15(18)16-10/h1-6,22H,7-8H2,(H,17,21). The zero-order valence-electron chi connectivity index (χ0n) is 12.3. The molecule has 0 saturated carbocycles. The number of nitrogens with zero attached hydrogens (tertiary/aromatic N) is 3. The fourth-order valence-electron chi connectivity index (χ4n) is 2.60. The van der Waals surface area contributed by atoms with Crippen LogP contribution in [0.25, 0.3) is 4.96 Å². The molecular weight excluding hydrogens is 332 g/mol. The maximum absolute atomic E-state index is 12.3. The lowest BCUT2D eigenvalue weighted by Gasteiger charge is -2.29. The molecule has 0 spiro atoms. The van der Waals surface area contributed by atoms with Crippen LogP contribution in [-0.2, 0) is 11.3 Å². The molecule has 0 saturated heterocycles. The van der Waals surface area contributed by atoms with Crippen LogP contribution in [0.1, 0.15) is 16.1 Å². The first kappa shape index (κ1) is 14.7. The van der Waals surface area contributed by atoms with Gasteiger partial charge in [-0.25, -0.2) is 10.5 Å². The second-order valence-electron chi connectivity index (χ2n) is 5.22. The number of imidazole rings is 1. The summed E-state index contributed by atoms with van der Waals surface area (Å²) in [4.78, 5) is 30.7. The third kappa shape index (κ3) is 2.39. The van der Waals surface area contributed by atoms with Crippen molar-refractivity contribution in [3.05, 3.63) is 47.2 Å². The number of fused-ring (bicyclic) bond motifs is 2. The summed E-state index contributed by atoms with van der Waals surface area (Å²) < 4.78 is 7.30. The Hall–Kier alpha value is -2.91. The molecule has 0 aliphatic carbocycles. The molecule has 1 aliphatic heterocycles. The van der Waals surface area contributed by atoms with Crippen molar-refractivity contribution in [1.29, 1.82) is 0 Å². The molecule has 0 radical (unpaired) electrons. The summed E-state index contributed by atoms with van der Waals surface area (Å²) in [5.74, 6) is -0.371. The number of rotatable bonds is 3. The van der Waals surface area contributed by atoms with Gasteiger partial charge >= 0.3 is 0 Å². The van der Waals surface area contributed by atoms with Gasteiger partial charge in [0.05, 0.1) is 17.9 Å². The van der Waals surface area contributed by atoms with Crippen LogP contribution in [0.15, 0.2) is 36.0 Å². The molecule has 4 rings (SSSR count). The number of carbonyl (C=O) groups is 2. The molecule has 0 unspecified atom stereocenters. The lowest BCUT2D eigenvalue weighted by atomic mass is 10.1. The van der Waals surface area contributed by atoms with Gasteiger partial charge in [-0.05, 0) is 18.2 Å². The van der Waals surface area contributed by atoms with E-state index >= 15 is 0 Å². The van der Waals surface area contributed by atoms with E-state index in [-0.39, 0.29) is 24.6 Å². The number of hydrogen-bond acceptors (Lipinski definition) is 6. The molecule has 2 amide bonds. The van der Waals surface area contributed by atoms with Crippen molar-refractivity contribution >= 4 is 33.8 Å². The number of hydrogen-bond donors (Lipinski definition) is 2. The van der Waals surface area contributed by atoms with Gasteiger partial charge in [0.25, 0.3) is 11.8 Å².